The van der Waals surface area contributed by atoms with E-state index < -0.39 is 68.5 Å². The topological polar surface area (TPSA) is 221 Å². The number of benzene rings is 2. The van der Waals surface area contributed by atoms with Gasteiger partial charge >= 0.3 is 6.03 Å². The molecule has 0 aromatic heterocycles. The first-order valence-corrected chi connectivity index (χ1v) is 13.2. The van der Waals surface area contributed by atoms with Crippen LogP contribution in [0, 0.1) is 13.8 Å². The van der Waals surface area contributed by atoms with Crippen LogP contribution in [0.4, 0.5) is 4.79 Å². The zero-order valence-electron chi connectivity index (χ0n) is 23.0. The summed E-state index contributed by atoms with van der Waals surface area (Å²) in [5.41, 5.74) is 2.18. The SMILES string of the molecule is Cc1cc(OCCNC(=O)NC(CO)(CO)CO)ccc1Cc1cc(C2O[C@H](CO)[C@@H](O)[C@H](O)[C@H]2O)c(O)cc1C. The van der Waals surface area contributed by atoms with Crippen LogP contribution in [0.5, 0.6) is 11.5 Å². The van der Waals surface area contributed by atoms with Crippen LogP contribution in [0.1, 0.15) is 33.9 Å². The molecule has 2 aromatic rings. The molecular formula is C28H40N2O11. The lowest BCUT2D eigenvalue weighted by atomic mass is 9.88. The van der Waals surface area contributed by atoms with Gasteiger partial charge in [0.15, 0.2) is 0 Å². The number of nitrogens with one attached hydrogen (secondary N) is 2. The number of aromatic hydroxyl groups is 1. The summed E-state index contributed by atoms with van der Waals surface area (Å²) in [5.74, 6) is 0.418. The number of aryl methyl sites for hydroxylation is 2. The number of rotatable bonds is 12. The molecule has 1 saturated heterocycles. The molecule has 1 aliphatic heterocycles. The molecule has 3 rings (SSSR count). The summed E-state index contributed by atoms with van der Waals surface area (Å²) in [4.78, 5) is 12.0. The summed E-state index contributed by atoms with van der Waals surface area (Å²) >= 11 is 0. The van der Waals surface area contributed by atoms with Crippen molar-refractivity contribution in [1.82, 2.24) is 10.6 Å². The largest absolute Gasteiger partial charge is 0.508 e. The van der Waals surface area contributed by atoms with Gasteiger partial charge < -0.3 is 61.0 Å². The molecule has 1 heterocycles. The quantitative estimate of drug-likeness (QED) is 0.130. The minimum Gasteiger partial charge on any atom is -0.508 e. The number of phenolic OH excluding ortho intramolecular Hbond substituents is 1. The van der Waals surface area contributed by atoms with Crippen molar-refractivity contribution in [1.29, 1.82) is 0 Å². The third-order valence-electron chi connectivity index (χ3n) is 7.32. The van der Waals surface area contributed by atoms with Crippen molar-refractivity contribution in [2.45, 2.75) is 56.3 Å². The smallest absolute Gasteiger partial charge is 0.315 e. The van der Waals surface area contributed by atoms with E-state index in [-0.39, 0.29) is 24.5 Å². The zero-order valence-corrected chi connectivity index (χ0v) is 23.0. The number of carbonyl (C=O) groups excluding carboxylic acids is 1. The van der Waals surface area contributed by atoms with E-state index in [1.54, 1.807) is 12.1 Å². The number of phenols is 1. The van der Waals surface area contributed by atoms with Gasteiger partial charge in [-0.05, 0) is 66.8 Å². The number of hydrogen-bond donors (Lipinski definition) is 10. The van der Waals surface area contributed by atoms with Crippen LogP contribution in [-0.2, 0) is 11.2 Å². The number of aliphatic hydroxyl groups excluding tert-OH is 7. The summed E-state index contributed by atoms with van der Waals surface area (Å²) in [5, 5.41) is 83.7. The highest BCUT2D eigenvalue weighted by Gasteiger charge is 2.44. The van der Waals surface area contributed by atoms with Crippen molar-refractivity contribution in [2.75, 3.05) is 39.6 Å². The lowest BCUT2D eigenvalue weighted by molar-refractivity contribution is -0.232. The molecule has 0 spiro atoms. The number of aliphatic hydroxyl groups is 7. The lowest BCUT2D eigenvalue weighted by Crippen LogP contribution is -2.59. The summed E-state index contributed by atoms with van der Waals surface area (Å²) in [6.45, 7) is 1.52. The molecule has 13 heteroatoms. The van der Waals surface area contributed by atoms with E-state index in [4.69, 9.17) is 9.47 Å². The molecular weight excluding hydrogens is 540 g/mol. The maximum Gasteiger partial charge on any atom is 0.315 e. The zero-order chi connectivity index (χ0) is 30.3. The van der Waals surface area contributed by atoms with Crippen molar-refractivity contribution < 1.29 is 55.1 Å². The Labute approximate surface area is 237 Å². The van der Waals surface area contributed by atoms with Crippen LogP contribution in [0.2, 0.25) is 0 Å². The van der Waals surface area contributed by atoms with E-state index in [0.717, 1.165) is 22.3 Å². The second-order valence-electron chi connectivity index (χ2n) is 10.3. The summed E-state index contributed by atoms with van der Waals surface area (Å²) in [6, 6.07) is 8.01. The van der Waals surface area contributed by atoms with Crippen molar-refractivity contribution in [3.05, 3.63) is 58.1 Å². The number of amides is 2. The second-order valence-corrected chi connectivity index (χ2v) is 10.3. The van der Waals surface area contributed by atoms with E-state index in [2.05, 4.69) is 10.6 Å². The van der Waals surface area contributed by atoms with Gasteiger partial charge in [-0.25, -0.2) is 4.79 Å². The molecule has 0 saturated carbocycles. The fraction of sp³-hybridized carbons (Fsp3) is 0.536. The Kier molecular flexibility index (Phi) is 11.3. The summed E-state index contributed by atoms with van der Waals surface area (Å²) < 4.78 is 11.3. The third kappa shape index (κ3) is 7.64. The normalized spacial score (nSPS) is 22.8. The highest BCUT2D eigenvalue weighted by Crippen LogP contribution is 2.38. The number of ether oxygens (including phenoxy) is 2. The molecule has 0 radical (unpaired) electrons. The van der Waals surface area contributed by atoms with Gasteiger partial charge in [0.1, 0.15) is 54.2 Å². The van der Waals surface area contributed by atoms with Gasteiger partial charge in [-0.2, -0.15) is 0 Å². The van der Waals surface area contributed by atoms with Crippen LogP contribution < -0.4 is 15.4 Å². The predicted octanol–water partition coefficient (Wildman–Crippen LogP) is -1.49. The predicted molar refractivity (Wildman–Crippen MR) is 146 cm³/mol. The van der Waals surface area contributed by atoms with E-state index in [0.29, 0.717) is 12.2 Å². The van der Waals surface area contributed by atoms with Gasteiger partial charge in [0.05, 0.1) is 33.0 Å². The first kappa shape index (κ1) is 32.5. The molecule has 0 aliphatic carbocycles. The van der Waals surface area contributed by atoms with E-state index in [1.807, 2.05) is 26.0 Å². The Hall–Kier alpha value is -3.01. The minimum atomic E-state index is -1.57. The molecule has 1 unspecified atom stereocenters. The highest BCUT2D eigenvalue weighted by atomic mass is 16.5. The van der Waals surface area contributed by atoms with Crippen LogP contribution >= 0.6 is 0 Å². The van der Waals surface area contributed by atoms with Crippen LogP contribution in [-0.4, -0.2) is 116 Å². The van der Waals surface area contributed by atoms with Crippen molar-refractivity contribution in [2.24, 2.45) is 0 Å². The van der Waals surface area contributed by atoms with Gasteiger partial charge in [0, 0.05) is 5.56 Å². The molecule has 1 fully saturated rings. The van der Waals surface area contributed by atoms with Gasteiger partial charge in [0.2, 0.25) is 0 Å². The maximum atomic E-state index is 12.0. The Morgan fingerprint density at radius 2 is 1.59 bits per heavy atom. The van der Waals surface area contributed by atoms with Crippen LogP contribution in [0.3, 0.4) is 0 Å². The van der Waals surface area contributed by atoms with Crippen LogP contribution in [0.25, 0.3) is 0 Å². The number of carbonyl (C=O) groups is 1. The Morgan fingerprint density at radius 3 is 2.20 bits per heavy atom. The fourth-order valence-electron chi connectivity index (χ4n) is 4.58. The monoisotopic (exact) mass is 580 g/mol. The van der Waals surface area contributed by atoms with Crippen molar-refractivity contribution in [3.8, 4) is 11.5 Å². The molecule has 1 aliphatic rings. The number of hydrogen-bond acceptors (Lipinski definition) is 11. The van der Waals surface area contributed by atoms with Crippen molar-refractivity contribution in [3.63, 3.8) is 0 Å². The third-order valence-corrected chi connectivity index (χ3v) is 7.32. The van der Waals surface area contributed by atoms with E-state index in [9.17, 15) is 45.6 Å². The minimum absolute atomic E-state index is 0.123. The molecule has 0 bridgehead atoms. The Bertz CT molecular complexity index is 1160. The summed E-state index contributed by atoms with van der Waals surface area (Å²) in [6.07, 6.45) is -6.38. The average Bonchev–Trinajstić information content (AvgIpc) is 2.96. The molecule has 13 nitrogen and oxygen atoms in total. The van der Waals surface area contributed by atoms with Gasteiger partial charge in [0.25, 0.3) is 0 Å². The second kappa shape index (κ2) is 14.2. The standard InChI is InChI=1S/C28H40N2O11/c1-15-7-19(40-6-5-29-27(39)30-28(12-32,13-33)14-34)4-3-17(15)9-18-10-20(21(35)8-16(18)2)26-25(38)24(37)23(36)22(11-31)41-26/h3-4,7-8,10,22-26,31-38H,5-6,9,11-14H2,1-2H3,(H2,29,30,39)/t22-,23-,24+,25-,26?/m1/s1. The summed E-state index contributed by atoms with van der Waals surface area (Å²) in [7, 11) is 0. The average molecular weight is 581 g/mol. The van der Waals surface area contributed by atoms with Crippen molar-refractivity contribution >= 4 is 6.03 Å². The Morgan fingerprint density at radius 1 is 0.927 bits per heavy atom. The fourth-order valence-corrected chi connectivity index (χ4v) is 4.58. The first-order chi connectivity index (χ1) is 19.5. The van der Waals surface area contributed by atoms with E-state index in [1.165, 1.54) is 6.07 Å². The van der Waals surface area contributed by atoms with Gasteiger partial charge in [-0.1, -0.05) is 6.07 Å². The molecule has 10 N–H and O–H groups in total. The maximum absolute atomic E-state index is 12.0. The molecule has 5 atom stereocenters. The van der Waals surface area contributed by atoms with Gasteiger partial charge in [-0.15, -0.1) is 0 Å². The van der Waals surface area contributed by atoms with Gasteiger partial charge in [-0.3, -0.25) is 0 Å². The lowest BCUT2D eigenvalue weighted by Gasteiger charge is -2.40. The molecule has 2 amide bonds. The highest BCUT2D eigenvalue weighted by molar-refractivity contribution is 5.74. The van der Waals surface area contributed by atoms with E-state index >= 15 is 0 Å². The Balaban J connectivity index is 1.64. The first-order valence-electron chi connectivity index (χ1n) is 13.2. The molecule has 2 aromatic carbocycles. The number of urea groups is 1. The van der Waals surface area contributed by atoms with Crippen LogP contribution in [0.15, 0.2) is 30.3 Å². The molecule has 228 valence electrons. The molecule has 41 heavy (non-hydrogen) atoms.